The van der Waals surface area contributed by atoms with Gasteiger partial charge in [0.15, 0.2) is 5.82 Å². The predicted octanol–water partition coefficient (Wildman–Crippen LogP) is 3.25. The van der Waals surface area contributed by atoms with Crippen molar-refractivity contribution in [2.45, 2.75) is 6.92 Å². The molecule has 1 amide bonds. The number of amides is 1. The second-order valence-corrected chi connectivity index (χ2v) is 4.27. The van der Waals surface area contributed by atoms with Crippen molar-refractivity contribution in [1.82, 2.24) is 0 Å². The van der Waals surface area contributed by atoms with Gasteiger partial charge in [0, 0.05) is 11.6 Å². The molecule has 0 saturated heterocycles. The molecule has 0 atom stereocenters. The number of rotatable bonds is 2. The van der Waals surface area contributed by atoms with E-state index in [0.29, 0.717) is 6.07 Å². The van der Waals surface area contributed by atoms with Crippen LogP contribution in [0.2, 0.25) is 0 Å². The van der Waals surface area contributed by atoms with Crippen LogP contribution in [0.5, 0.6) is 0 Å². The highest BCUT2D eigenvalue weighted by atomic mass is 19.1. The molecule has 0 fully saturated rings. The number of aryl methyl sites for hydroxylation is 1. The van der Waals surface area contributed by atoms with Crippen LogP contribution in [0.15, 0.2) is 30.3 Å². The SMILES string of the molecule is Cc1cc(C(=O)Nc2c(N)cc(F)cc2F)ccc1F. The molecule has 0 aliphatic heterocycles. The first-order valence-corrected chi connectivity index (χ1v) is 5.70. The van der Waals surface area contributed by atoms with Crippen LogP contribution >= 0.6 is 0 Å². The fraction of sp³-hybridized carbons (Fsp3) is 0.0714. The van der Waals surface area contributed by atoms with E-state index in [4.69, 9.17) is 5.73 Å². The van der Waals surface area contributed by atoms with Crippen molar-refractivity contribution in [2.24, 2.45) is 0 Å². The van der Waals surface area contributed by atoms with Crippen molar-refractivity contribution in [1.29, 1.82) is 0 Å². The van der Waals surface area contributed by atoms with Gasteiger partial charge < -0.3 is 11.1 Å². The van der Waals surface area contributed by atoms with E-state index in [1.807, 2.05) is 0 Å². The Morgan fingerprint density at radius 1 is 1.10 bits per heavy atom. The van der Waals surface area contributed by atoms with Gasteiger partial charge in [-0.3, -0.25) is 4.79 Å². The molecule has 3 nitrogen and oxygen atoms in total. The number of nitrogen functional groups attached to an aromatic ring is 1. The number of carbonyl (C=O) groups is 1. The molecule has 6 heteroatoms. The average Bonchev–Trinajstić information content (AvgIpc) is 2.36. The van der Waals surface area contributed by atoms with E-state index in [1.54, 1.807) is 0 Å². The monoisotopic (exact) mass is 280 g/mol. The maximum Gasteiger partial charge on any atom is 0.255 e. The van der Waals surface area contributed by atoms with Crippen molar-refractivity contribution < 1.29 is 18.0 Å². The Labute approximate surface area is 113 Å². The minimum atomic E-state index is -0.977. The van der Waals surface area contributed by atoms with Crippen LogP contribution in [0.25, 0.3) is 0 Å². The molecule has 2 aromatic rings. The molecule has 0 spiro atoms. The molecular weight excluding hydrogens is 269 g/mol. The maximum atomic E-state index is 13.5. The van der Waals surface area contributed by atoms with Gasteiger partial charge in [-0.1, -0.05) is 0 Å². The third kappa shape index (κ3) is 2.74. The molecule has 2 aromatic carbocycles. The summed E-state index contributed by atoms with van der Waals surface area (Å²) in [6.07, 6.45) is 0. The summed E-state index contributed by atoms with van der Waals surface area (Å²) in [5.74, 6) is -2.93. The van der Waals surface area contributed by atoms with Gasteiger partial charge in [-0.05, 0) is 36.8 Å². The Balaban J connectivity index is 2.30. The van der Waals surface area contributed by atoms with Crippen molar-refractivity contribution >= 4 is 17.3 Å². The molecule has 3 N–H and O–H groups in total. The second kappa shape index (κ2) is 5.24. The lowest BCUT2D eigenvalue weighted by molar-refractivity contribution is 0.102. The van der Waals surface area contributed by atoms with Crippen LogP contribution in [-0.2, 0) is 0 Å². The number of anilines is 2. The second-order valence-electron chi connectivity index (χ2n) is 4.27. The van der Waals surface area contributed by atoms with Crippen LogP contribution in [0.1, 0.15) is 15.9 Å². The van der Waals surface area contributed by atoms with Gasteiger partial charge in [0.05, 0.1) is 5.69 Å². The summed E-state index contributed by atoms with van der Waals surface area (Å²) in [4.78, 5) is 11.9. The van der Waals surface area contributed by atoms with Crippen molar-refractivity contribution in [3.63, 3.8) is 0 Å². The number of halogens is 3. The topological polar surface area (TPSA) is 55.1 Å². The summed E-state index contributed by atoms with van der Waals surface area (Å²) in [5, 5.41) is 2.24. The Morgan fingerprint density at radius 2 is 1.80 bits per heavy atom. The zero-order valence-electron chi connectivity index (χ0n) is 10.5. The Hall–Kier alpha value is -2.50. The highest BCUT2D eigenvalue weighted by Crippen LogP contribution is 2.24. The number of nitrogens with two attached hydrogens (primary N) is 1. The molecule has 0 radical (unpaired) electrons. The standard InChI is InChI=1S/C14H11F3N2O/c1-7-4-8(2-3-10(7)16)14(20)19-13-11(17)5-9(15)6-12(13)18/h2-6H,18H2,1H3,(H,19,20). The van der Waals surface area contributed by atoms with Gasteiger partial charge in [0.2, 0.25) is 0 Å². The molecular formula is C14H11F3N2O. The van der Waals surface area contributed by atoms with E-state index in [2.05, 4.69) is 5.32 Å². The lowest BCUT2D eigenvalue weighted by atomic mass is 10.1. The van der Waals surface area contributed by atoms with Crippen molar-refractivity contribution in [3.8, 4) is 0 Å². The minimum Gasteiger partial charge on any atom is -0.397 e. The smallest absolute Gasteiger partial charge is 0.255 e. The molecule has 0 saturated carbocycles. The summed E-state index contributed by atoms with van der Waals surface area (Å²) in [7, 11) is 0. The molecule has 104 valence electrons. The van der Waals surface area contributed by atoms with Crippen molar-refractivity contribution in [2.75, 3.05) is 11.1 Å². The van der Waals surface area contributed by atoms with Gasteiger partial charge in [0.25, 0.3) is 5.91 Å². The fourth-order valence-corrected chi connectivity index (χ4v) is 1.70. The van der Waals surface area contributed by atoms with Gasteiger partial charge in [-0.25, -0.2) is 13.2 Å². The molecule has 2 rings (SSSR count). The van der Waals surface area contributed by atoms with Crippen LogP contribution in [0.4, 0.5) is 24.5 Å². The van der Waals surface area contributed by atoms with E-state index in [1.165, 1.54) is 19.1 Å². The summed E-state index contributed by atoms with van der Waals surface area (Å²) < 4.78 is 39.5. The maximum absolute atomic E-state index is 13.5. The van der Waals surface area contributed by atoms with Crippen LogP contribution in [-0.4, -0.2) is 5.91 Å². The molecule has 0 unspecified atom stereocenters. The number of benzene rings is 2. The number of hydrogen-bond donors (Lipinski definition) is 2. The Kier molecular flexibility index (Phi) is 3.65. The van der Waals surface area contributed by atoms with E-state index in [0.717, 1.165) is 12.1 Å². The molecule has 0 aliphatic carbocycles. The zero-order chi connectivity index (χ0) is 14.9. The van der Waals surface area contributed by atoms with Gasteiger partial charge in [-0.2, -0.15) is 0 Å². The highest BCUT2D eigenvalue weighted by Gasteiger charge is 2.14. The van der Waals surface area contributed by atoms with E-state index in [-0.39, 0.29) is 22.5 Å². The fourth-order valence-electron chi connectivity index (χ4n) is 1.70. The first-order valence-electron chi connectivity index (χ1n) is 5.70. The number of hydrogen-bond acceptors (Lipinski definition) is 2. The molecule has 0 aromatic heterocycles. The summed E-state index contributed by atoms with van der Waals surface area (Å²) >= 11 is 0. The molecule has 0 bridgehead atoms. The zero-order valence-corrected chi connectivity index (χ0v) is 10.5. The van der Waals surface area contributed by atoms with Crippen LogP contribution < -0.4 is 11.1 Å². The third-order valence-electron chi connectivity index (χ3n) is 2.74. The molecule has 0 aliphatic rings. The minimum absolute atomic E-state index is 0.145. The van der Waals surface area contributed by atoms with Gasteiger partial charge in [-0.15, -0.1) is 0 Å². The Bertz CT molecular complexity index is 663. The summed E-state index contributed by atoms with van der Waals surface area (Å²) in [5.41, 5.74) is 5.34. The average molecular weight is 280 g/mol. The van der Waals surface area contributed by atoms with E-state index >= 15 is 0 Å². The van der Waals surface area contributed by atoms with Gasteiger partial charge in [0.1, 0.15) is 17.3 Å². The highest BCUT2D eigenvalue weighted by molar-refractivity contribution is 6.05. The van der Waals surface area contributed by atoms with E-state index in [9.17, 15) is 18.0 Å². The first kappa shape index (κ1) is 13.9. The van der Waals surface area contributed by atoms with Crippen molar-refractivity contribution in [3.05, 3.63) is 58.9 Å². The normalized spacial score (nSPS) is 10.4. The van der Waals surface area contributed by atoms with Crippen LogP contribution in [0, 0.1) is 24.4 Å². The molecule has 0 heterocycles. The summed E-state index contributed by atoms with van der Waals surface area (Å²) in [6, 6.07) is 5.22. The molecule has 20 heavy (non-hydrogen) atoms. The van der Waals surface area contributed by atoms with E-state index < -0.39 is 23.4 Å². The lowest BCUT2D eigenvalue weighted by Gasteiger charge is -2.10. The van der Waals surface area contributed by atoms with Gasteiger partial charge >= 0.3 is 0 Å². The number of nitrogens with one attached hydrogen (secondary N) is 1. The summed E-state index contributed by atoms with van der Waals surface area (Å²) in [6.45, 7) is 1.50. The lowest BCUT2D eigenvalue weighted by Crippen LogP contribution is -2.15. The Morgan fingerprint density at radius 3 is 2.40 bits per heavy atom. The first-order chi connectivity index (χ1) is 9.38. The quantitative estimate of drug-likeness (QED) is 0.830. The van der Waals surface area contributed by atoms with Crippen LogP contribution in [0.3, 0.4) is 0 Å². The third-order valence-corrected chi connectivity index (χ3v) is 2.74. The predicted molar refractivity (Wildman–Crippen MR) is 69.9 cm³/mol. The largest absolute Gasteiger partial charge is 0.397 e. The number of carbonyl (C=O) groups excluding carboxylic acids is 1.